The SMILES string of the molecule is Cc1cc(CC[C@@H](C)N2CCC(N(Cc3ccsc3)C(=O)CF)CC2)nc(C)c1C(N)=O. The van der Waals surface area contributed by atoms with Crippen LogP contribution in [0.4, 0.5) is 4.39 Å². The Bertz CT molecular complexity index is 903. The van der Waals surface area contributed by atoms with Crippen LogP contribution >= 0.6 is 11.3 Å². The number of piperidine rings is 1. The van der Waals surface area contributed by atoms with Crippen LogP contribution in [0, 0.1) is 13.8 Å². The van der Waals surface area contributed by atoms with Gasteiger partial charge in [0.25, 0.3) is 11.8 Å². The molecular formula is C24H33FN4O2S. The lowest BCUT2D eigenvalue weighted by atomic mass is 9.98. The third-order valence-electron chi connectivity index (χ3n) is 6.45. The van der Waals surface area contributed by atoms with Crippen molar-refractivity contribution in [3.05, 3.63) is 51.0 Å². The van der Waals surface area contributed by atoms with Crippen LogP contribution in [0.3, 0.4) is 0 Å². The second-order valence-corrected chi connectivity index (χ2v) is 9.48. The van der Waals surface area contributed by atoms with Crippen molar-refractivity contribution in [2.45, 2.75) is 65.1 Å². The van der Waals surface area contributed by atoms with Crippen molar-refractivity contribution in [2.24, 2.45) is 5.73 Å². The molecule has 0 spiro atoms. The molecule has 174 valence electrons. The van der Waals surface area contributed by atoms with Gasteiger partial charge in [0.1, 0.15) is 0 Å². The summed E-state index contributed by atoms with van der Waals surface area (Å²) in [7, 11) is 0. The van der Waals surface area contributed by atoms with Gasteiger partial charge in [0, 0.05) is 37.4 Å². The number of primary amides is 1. The summed E-state index contributed by atoms with van der Waals surface area (Å²) in [5, 5.41) is 4.00. The Labute approximate surface area is 193 Å². The third-order valence-corrected chi connectivity index (χ3v) is 7.18. The number of pyridine rings is 1. The first-order chi connectivity index (χ1) is 15.3. The molecule has 6 nitrogen and oxygen atoms in total. The van der Waals surface area contributed by atoms with Gasteiger partial charge in [-0.1, -0.05) is 0 Å². The molecule has 2 aromatic heterocycles. The van der Waals surface area contributed by atoms with Crippen molar-refractivity contribution in [3.8, 4) is 0 Å². The number of hydrogen-bond donors (Lipinski definition) is 1. The number of carbonyl (C=O) groups is 2. The van der Waals surface area contributed by atoms with Crippen molar-refractivity contribution in [1.82, 2.24) is 14.8 Å². The zero-order chi connectivity index (χ0) is 23.3. The molecule has 1 aliphatic rings. The Morgan fingerprint density at radius 3 is 2.62 bits per heavy atom. The van der Waals surface area contributed by atoms with Gasteiger partial charge in [-0.25, -0.2) is 4.39 Å². The molecule has 8 heteroatoms. The molecule has 2 amide bonds. The molecule has 0 saturated carbocycles. The van der Waals surface area contributed by atoms with E-state index in [9.17, 15) is 14.0 Å². The van der Waals surface area contributed by atoms with E-state index in [4.69, 9.17) is 5.73 Å². The number of nitrogens with two attached hydrogens (primary N) is 1. The quantitative estimate of drug-likeness (QED) is 0.620. The monoisotopic (exact) mass is 460 g/mol. The van der Waals surface area contributed by atoms with Crippen molar-refractivity contribution in [1.29, 1.82) is 0 Å². The second kappa shape index (κ2) is 11.0. The van der Waals surface area contributed by atoms with Crippen molar-refractivity contribution < 1.29 is 14.0 Å². The van der Waals surface area contributed by atoms with Crippen LogP contribution in [0.2, 0.25) is 0 Å². The molecule has 3 heterocycles. The van der Waals surface area contributed by atoms with Crippen LogP contribution in [-0.4, -0.2) is 58.4 Å². The second-order valence-electron chi connectivity index (χ2n) is 8.70. The van der Waals surface area contributed by atoms with Gasteiger partial charge >= 0.3 is 0 Å². The number of rotatable bonds is 9. The Morgan fingerprint density at radius 1 is 1.34 bits per heavy atom. The highest BCUT2D eigenvalue weighted by Gasteiger charge is 2.29. The molecule has 2 N–H and O–H groups in total. The number of thiophene rings is 1. The van der Waals surface area contributed by atoms with Gasteiger partial charge in [-0.2, -0.15) is 11.3 Å². The molecule has 0 aromatic carbocycles. The summed E-state index contributed by atoms with van der Waals surface area (Å²) in [6, 6.07) is 4.40. The fourth-order valence-electron chi connectivity index (χ4n) is 4.67. The first-order valence-corrected chi connectivity index (χ1v) is 12.1. The predicted octanol–water partition coefficient (Wildman–Crippen LogP) is 3.64. The van der Waals surface area contributed by atoms with E-state index in [2.05, 4.69) is 16.8 Å². The molecule has 0 radical (unpaired) electrons. The maximum atomic E-state index is 13.2. The number of halogens is 1. The van der Waals surface area contributed by atoms with E-state index in [0.29, 0.717) is 23.8 Å². The van der Waals surface area contributed by atoms with E-state index in [1.54, 1.807) is 16.2 Å². The number of amides is 2. The fourth-order valence-corrected chi connectivity index (χ4v) is 5.33. The minimum Gasteiger partial charge on any atom is -0.366 e. The minimum atomic E-state index is -0.943. The summed E-state index contributed by atoms with van der Waals surface area (Å²) in [5.74, 6) is -0.853. The van der Waals surface area contributed by atoms with Crippen molar-refractivity contribution >= 4 is 23.2 Å². The molecule has 0 aliphatic carbocycles. The molecule has 1 aliphatic heterocycles. The average molecular weight is 461 g/mol. The number of carbonyl (C=O) groups excluding carboxylic acids is 2. The lowest BCUT2D eigenvalue weighted by molar-refractivity contribution is -0.136. The van der Waals surface area contributed by atoms with Crippen LogP contribution < -0.4 is 5.73 Å². The molecular weight excluding hydrogens is 427 g/mol. The summed E-state index contributed by atoms with van der Waals surface area (Å²) < 4.78 is 13.2. The maximum Gasteiger partial charge on any atom is 0.254 e. The number of aryl methyl sites for hydroxylation is 3. The normalized spacial score (nSPS) is 16.1. The highest BCUT2D eigenvalue weighted by atomic mass is 32.1. The van der Waals surface area contributed by atoms with Crippen molar-refractivity contribution in [2.75, 3.05) is 19.8 Å². The molecule has 1 atom stereocenters. The largest absolute Gasteiger partial charge is 0.366 e. The molecule has 1 fully saturated rings. The Hall–Kier alpha value is -2.32. The lowest BCUT2D eigenvalue weighted by Gasteiger charge is -2.40. The topological polar surface area (TPSA) is 79.5 Å². The van der Waals surface area contributed by atoms with Crippen LogP contribution in [0.25, 0.3) is 0 Å². The van der Waals surface area contributed by atoms with Crippen molar-refractivity contribution in [3.63, 3.8) is 0 Å². The van der Waals surface area contributed by atoms with E-state index in [1.165, 1.54) is 0 Å². The summed E-state index contributed by atoms with van der Waals surface area (Å²) in [4.78, 5) is 32.6. The number of likely N-dealkylation sites (tertiary alicyclic amines) is 1. The Morgan fingerprint density at radius 2 is 2.06 bits per heavy atom. The summed E-state index contributed by atoms with van der Waals surface area (Å²) >= 11 is 1.59. The van der Waals surface area contributed by atoms with Gasteiger partial charge in [0.15, 0.2) is 6.67 Å². The van der Waals surface area contributed by atoms with E-state index < -0.39 is 18.5 Å². The Balaban J connectivity index is 1.54. The predicted molar refractivity (Wildman–Crippen MR) is 125 cm³/mol. The van der Waals surface area contributed by atoms with Crippen LogP contribution in [0.1, 0.15) is 59.1 Å². The minimum absolute atomic E-state index is 0.0786. The first kappa shape index (κ1) is 24.3. The number of aromatic nitrogens is 1. The Kier molecular flexibility index (Phi) is 8.37. The number of hydrogen-bond acceptors (Lipinski definition) is 5. The maximum absolute atomic E-state index is 13.2. The number of alkyl halides is 1. The van der Waals surface area contributed by atoms with E-state index in [1.807, 2.05) is 36.7 Å². The van der Waals surface area contributed by atoms with E-state index in [-0.39, 0.29) is 6.04 Å². The molecule has 32 heavy (non-hydrogen) atoms. The third kappa shape index (κ3) is 5.92. The molecule has 0 bridgehead atoms. The van der Waals surface area contributed by atoms with Gasteiger partial charge in [-0.3, -0.25) is 14.6 Å². The first-order valence-electron chi connectivity index (χ1n) is 11.2. The summed E-state index contributed by atoms with van der Waals surface area (Å²) in [5.41, 5.74) is 9.56. The van der Waals surface area contributed by atoms with Crippen LogP contribution in [0.5, 0.6) is 0 Å². The van der Waals surface area contributed by atoms with Gasteiger partial charge in [-0.05, 0) is 80.5 Å². The van der Waals surface area contributed by atoms with Gasteiger partial charge in [0.2, 0.25) is 0 Å². The van der Waals surface area contributed by atoms with Crippen LogP contribution in [0.15, 0.2) is 22.9 Å². The molecule has 3 rings (SSSR count). The average Bonchev–Trinajstić information content (AvgIpc) is 3.28. The molecule has 2 aromatic rings. The molecule has 0 unspecified atom stereocenters. The fraction of sp³-hybridized carbons (Fsp3) is 0.542. The van der Waals surface area contributed by atoms with Crippen LogP contribution in [-0.2, 0) is 17.8 Å². The zero-order valence-corrected chi connectivity index (χ0v) is 20.0. The smallest absolute Gasteiger partial charge is 0.254 e. The standard InChI is InChI=1S/C24H33FN4O2S/c1-16-12-20(27-18(3)23(16)24(26)31)5-4-17(2)28-9-6-21(7-10-28)29(22(30)13-25)14-19-8-11-32-15-19/h8,11-12,15,17,21H,4-7,9-10,13-14H2,1-3H3,(H2,26,31)/t17-/m1/s1. The summed E-state index contributed by atoms with van der Waals surface area (Å²) in [6.07, 6.45) is 3.48. The van der Waals surface area contributed by atoms with E-state index in [0.717, 1.165) is 55.6 Å². The van der Waals surface area contributed by atoms with Gasteiger partial charge in [-0.15, -0.1) is 0 Å². The lowest BCUT2D eigenvalue weighted by Crippen LogP contribution is -2.49. The van der Waals surface area contributed by atoms with E-state index >= 15 is 0 Å². The number of nitrogens with zero attached hydrogens (tertiary/aromatic N) is 3. The van der Waals surface area contributed by atoms with Gasteiger partial charge < -0.3 is 15.5 Å². The van der Waals surface area contributed by atoms with Gasteiger partial charge in [0.05, 0.1) is 11.3 Å². The summed E-state index contributed by atoms with van der Waals surface area (Å²) in [6.45, 7) is 7.25. The molecule has 1 saturated heterocycles. The highest BCUT2D eigenvalue weighted by molar-refractivity contribution is 7.07. The highest BCUT2D eigenvalue weighted by Crippen LogP contribution is 2.23. The zero-order valence-electron chi connectivity index (χ0n) is 19.1.